The van der Waals surface area contributed by atoms with E-state index in [9.17, 15) is 0 Å². The number of hydrogen-bond donors (Lipinski definition) is 1. The lowest BCUT2D eigenvalue weighted by Crippen LogP contribution is -2.12. The molecule has 17 heavy (non-hydrogen) atoms. The van der Waals surface area contributed by atoms with Crippen molar-refractivity contribution in [3.8, 4) is 11.5 Å². The predicted molar refractivity (Wildman–Crippen MR) is 70.8 cm³/mol. The average molecular weight is 237 g/mol. The Bertz CT molecular complexity index is 350. The summed E-state index contributed by atoms with van der Waals surface area (Å²) in [6.45, 7) is 7.08. The van der Waals surface area contributed by atoms with Gasteiger partial charge in [-0.15, -0.1) is 0 Å². The molecule has 0 heterocycles. The number of ether oxygens (including phenoxy) is 2. The summed E-state index contributed by atoms with van der Waals surface area (Å²) >= 11 is 0. The number of methoxy groups -OCH3 is 1. The summed E-state index contributed by atoms with van der Waals surface area (Å²) < 4.78 is 11.1. The molecule has 0 aliphatic rings. The van der Waals surface area contributed by atoms with Crippen LogP contribution in [0.2, 0.25) is 0 Å². The molecule has 96 valence electrons. The Kier molecular flexibility index (Phi) is 5.29. The van der Waals surface area contributed by atoms with E-state index in [1.54, 1.807) is 7.11 Å². The minimum Gasteiger partial charge on any atom is -0.493 e. The normalized spacial score (nSPS) is 12.6. The maximum atomic E-state index is 5.71. The zero-order valence-corrected chi connectivity index (χ0v) is 11.4. The van der Waals surface area contributed by atoms with Gasteiger partial charge in [-0.2, -0.15) is 0 Å². The van der Waals surface area contributed by atoms with Crippen molar-refractivity contribution in [2.75, 3.05) is 20.8 Å². The maximum Gasteiger partial charge on any atom is 0.161 e. The molecule has 0 aromatic heterocycles. The molecule has 1 rings (SSSR count). The second-order valence-electron chi connectivity index (χ2n) is 4.63. The predicted octanol–water partition coefficient (Wildman–Crippen LogP) is 3.01. The van der Waals surface area contributed by atoms with Gasteiger partial charge in [0.15, 0.2) is 11.5 Å². The second kappa shape index (κ2) is 6.50. The zero-order chi connectivity index (χ0) is 12.8. The molecule has 0 bridgehead atoms. The van der Waals surface area contributed by atoms with Crippen LogP contribution in [0.3, 0.4) is 0 Å². The summed E-state index contributed by atoms with van der Waals surface area (Å²) in [5.74, 6) is 2.12. The van der Waals surface area contributed by atoms with Crippen molar-refractivity contribution in [3.05, 3.63) is 23.8 Å². The van der Waals surface area contributed by atoms with E-state index in [0.717, 1.165) is 11.5 Å². The first-order valence-corrected chi connectivity index (χ1v) is 6.06. The van der Waals surface area contributed by atoms with Crippen molar-refractivity contribution >= 4 is 0 Å². The smallest absolute Gasteiger partial charge is 0.161 e. The van der Waals surface area contributed by atoms with Crippen LogP contribution in [0.15, 0.2) is 18.2 Å². The van der Waals surface area contributed by atoms with Crippen LogP contribution in [0.4, 0.5) is 0 Å². The molecule has 1 atom stereocenters. The summed E-state index contributed by atoms with van der Waals surface area (Å²) in [5.41, 5.74) is 1.20. The summed E-state index contributed by atoms with van der Waals surface area (Å²) in [4.78, 5) is 0. The lowest BCUT2D eigenvalue weighted by molar-refractivity contribution is 0.256. The van der Waals surface area contributed by atoms with Crippen LogP contribution in [0, 0.1) is 5.92 Å². The second-order valence-corrected chi connectivity index (χ2v) is 4.63. The Labute approximate surface area is 104 Å². The molecule has 0 aliphatic heterocycles. The molecule has 0 saturated carbocycles. The van der Waals surface area contributed by atoms with Gasteiger partial charge in [0.2, 0.25) is 0 Å². The summed E-state index contributed by atoms with van der Waals surface area (Å²) in [6, 6.07) is 6.38. The molecule has 1 aromatic carbocycles. The number of rotatable bonds is 6. The number of nitrogens with one attached hydrogen (secondary N) is 1. The lowest BCUT2D eigenvalue weighted by Gasteiger charge is -2.16. The van der Waals surface area contributed by atoms with Crippen LogP contribution in [-0.2, 0) is 0 Å². The fourth-order valence-electron chi connectivity index (χ4n) is 1.50. The van der Waals surface area contributed by atoms with Gasteiger partial charge in [-0.25, -0.2) is 0 Å². The van der Waals surface area contributed by atoms with Gasteiger partial charge in [-0.05, 0) is 37.6 Å². The van der Waals surface area contributed by atoms with Crippen LogP contribution in [-0.4, -0.2) is 20.8 Å². The fourth-order valence-corrected chi connectivity index (χ4v) is 1.50. The largest absolute Gasteiger partial charge is 0.493 e. The molecule has 1 unspecified atom stereocenters. The lowest BCUT2D eigenvalue weighted by atomic mass is 10.1. The fraction of sp³-hybridized carbons (Fsp3) is 0.571. The molecule has 0 radical (unpaired) electrons. The Morgan fingerprint density at radius 2 is 1.88 bits per heavy atom. The van der Waals surface area contributed by atoms with Gasteiger partial charge >= 0.3 is 0 Å². The molecule has 0 saturated heterocycles. The van der Waals surface area contributed by atoms with Gasteiger partial charge in [0.05, 0.1) is 13.7 Å². The Morgan fingerprint density at radius 3 is 2.41 bits per heavy atom. The van der Waals surface area contributed by atoms with Crippen LogP contribution in [0.5, 0.6) is 11.5 Å². The number of hydrogen-bond acceptors (Lipinski definition) is 3. The Hall–Kier alpha value is -1.22. The molecule has 3 heteroatoms. The number of benzene rings is 1. The van der Waals surface area contributed by atoms with Gasteiger partial charge in [0.25, 0.3) is 0 Å². The van der Waals surface area contributed by atoms with Crippen molar-refractivity contribution in [3.63, 3.8) is 0 Å². The van der Waals surface area contributed by atoms with E-state index < -0.39 is 0 Å². The SMILES string of the molecule is CNC(C)c1ccc(OCC(C)C)c(OC)c1. The van der Waals surface area contributed by atoms with E-state index in [-0.39, 0.29) is 0 Å². The highest BCUT2D eigenvalue weighted by Crippen LogP contribution is 2.30. The standard InChI is InChI=1S/C14H23NO2/c1-10(2)9-17-13-7-6-12(11(3)15-4)8-14(13)16-5/h6-8,10-11,15H,9H2,1-5H3. The minimum absolute atomic E-state index is 0.308. The zero-order valence-electron chi connectivity index (χ0n) is 11.4. The maximum absolute atomic E-state index is 5.71. The molecule has 0 amide bonds. The van der Waals surface area contributed by atoms with E-state index in [4.69, 9.17) is 9.47 Å². The molecular weight excluding hydrogens is 214 g/mol. The molecule has 1 N–H and O–H groups in total. The van der Waals surface area contributed by atoms with Crippen LogP contribution < -0.4 is 14.8 Å². The molecule has 3 nitrogen and oxygen atoms in total. The van der Waals surface area contributed by atoms with Crippen LogP contribution in [0.25, 0.3) is 0 Å². The summed E-state index contributed by atoms with van der Waals surface area (Å²) in [6.07, 6.45) is 0. The highest BCUT2D eigenvalue weighted by atomic mass is 16.5. The van der Waals surface area contributed by atoms with Crippen LogP contribution >= 0.6 is 0 Å². The van der Waals surface area contributed by atoms with Crippen molar-refractivity contribution in [1.29, 1.82) is 0 Å². The topological polar surface area (TPSA) is 30.5 Å². The molecule has 0 fully saturated rings. The van der Waals surface area contributed by atoms with Gasteiger partial charge in [-0.3, -0.25) is 0 Å². The average Bonchev–Trinajstić information content (AvgIpc) is 2.34. The first-order valence-electron chi connectivity index (χ1n) is 6.06. The van der Waals surface area contributed by atoms with E-state index >= 15 is 0 Å². The first-order chi connectivity index (χ1) is 8.08. The monoisotopic (exact) mass is 237 g/mol. The van der Waals surface area contributed by atoms with Crippen LogP contribution in [0.1, 0.15) is 32.4 Å². The third kappa shape index (κ3) is 3.93. The highest BCUT2D eigenvalue weighted by molar-refractivity contribution is 5.43. The van der Waals surface area contributed by atoms with Gasteiger partial charge in [0, 0.05) is 6.04 Å². The quantitative estimate of drug-likeness (QED) is 0.825. The first kappa shape index (κ1) is 13.8. The van der Waals surface area contributed by atoms with E-state index in [0.29, 0.717) is 18.6 Å². The van der Waals surface area contributed by atoms with E-state index in [1.807, 2.05) is 19.2 Å². The van der Waals surface area contributed by atoms with Gasteiger partial charge < -0.3 is 14.8 Å². The third-order valence-electron chi connectivity index (χ3n) is 2.69. The van der Waals surface area contributed by atoms with Gasteiger partial charge in [-0.1, -0.05) is 19.9 Å². The summed E-state index contributed by atoms with van der Waals surface area (Å²) in [7, 11) is 3.62. The molecule has 0 spiro atoms. The molecule has 0 aliphatic carbocycles. The van der Waals surface area contributed by atoms with Gasteiger partial charge in [0.1, 0.15) is 0 Å². The van der Waals surface area contributed by atoms with E-state index in [1.165, 1.54) is 5.56 Å². The van der Waals surface area contributed by atoms with Crippen molar-refractivity contribution in [2.45, 2.75) is 26.8 Å². The molecular formula is C14H23NO2. The van der Waals surface area contributed by atoms with Crippen molar-refractivity contribution < 1.29 is 9.47 Å². The van der Waals surface area contributed by atoms with E-state index in [2.05, 4.69) is 32.2 Å². The summed E-state index contributed by atoms with van der Waals surface area (Å²) in [5, 5.41) is 3.21. The Morgan fingerprint density at radius 1 is 1.18 bits per heavy atom. The molecule has 1 aromatic rings. The van der Waals surface area contributed by atoms with Crippen molar-refractivity contribution in [2.24, 2.45) is 5.92 Å². The third-order valence-corrected chi connectivity index (χ3v) is 2.69. The minimum atomic E-state index is 0.308. The Balaban J connectivity index is 2.85. The highest BCUT2D eigenvalue weighted by Gasteiger charge is 2.09. The van der Waals surface area contributed by atoms with Crippen molar-refractivity contribution in [1.82, 2.24) is 5.32 Å².